The Morgan fingerprint density at radius 2 is 2.00 bits per heavy atom. The second kappa shape index (κ2) is 7.86. The number of nitrogens with one attached hydrogen (secondary N) is 1. The van der Waals surface area contributed by atoms with Gasteiger partial charge in [0, 0.05) is 52.1 Å². The van der Waals surface area contributed by atoms with Crippen LogP contribution in [0.25, 0.3) is 11.1 Å². The van der Waals surface area contributed by atoms with Crippen LogP contribution in [0.4, 0.5) is 10.6 Å². The molecule has 7 nitrogen and oxygen atoms in total. The van der Waals surface area contributed by atoms with Gasteiger partial charge >= 0.3 is 6.03 Å². The van der Waals surface area contributed by atoms with Crippen LogP contribution < -0.4 is 5.32 Å². The summed E-state index contributed by atoms with van der Waals surface area (Å²) in [5, 5.41) is 7.26. The lowest BCUT2D eigenvalue weighted by Crippen LogP contribution is -2.33. The van der Waals surface area contributed by atoms with Crippen molar-refractivity contribution in [1.82, 2.24) is 24.2 Å². The largest absolute Gasteiger partial charge is 0.338 e. The Hall–Kier alpha value is -3.09. The zero-order valence-corrected chi connectivity index (χ0v) is 15.4. The molecule has 0 radical (unpaired) electrons. The van der Waals surface area contributed by atoms with E-state index in [2.05, 4.69) is 15.4 Å². The molecule has 2 amide bonds. The highest BCUT2D eigenvalue weighted by molar-refractivity contribution is 5.92. The van der Waals surface area contributed by atoms with Gasteiger partial charge in [-0.2, -0.15) is 5.10 Å². The third kappa shape index (κ3) is 3.93. The maximum Gasteiger partial charge on any atom is 0.322 e. The van der Waals surface area contributed by atoms with Gasteiger partial charge in [-0.3, -0.25) is 10.00 Å². The van der Waals surface area contributed by atoms with Crippen LogP contribution in [-0.4, -0.2) is 43.9 Å². The van der Waals surface area contributed by atoms with Crippen molar-refractivity contribution >= 4 is 11.8 Å². The number of nitrogens with zero attached hydrogens (tertiary/aromatic N) is 5. The van der Waals surface area contributed by atoms with Gasteiger partial charge in [-0.25, -0.2) is 9.78 Å². The Labute approximate surface area is 153 Å². The molecular weight excluding hydrogens is 328 g/mol. The molecule has 0 unspecified atom stereocenters. The van der Waals surface area contributed by atoms with Crippen LogP contribution in [0.15, 0.2) is 48.9 Å². The van der Waals surface area contributed by atoms with E-state index in [0.717, 1.165) is 29.8 Å². The van der Waals surface area contributed by atoms with Crippen LogP contribution in [0.2, 0.25) is 0 Å². The summed E-state index contributed by atoms with van der Waals surface area (Å²) in [6, 6.07) is 9.76. The molecule has 3 aromatic rings. The van der Waals surface area contributed by atoms with Crippen molar-refractivity contribution in [3.8, 4) is 11.1 Å². The quantitative estimate of drug-likeness (QED) is 0.742. The smallest absolute Gasteiger partial charge is 0.322 e. The van der Waals surface area contributed by atoms with Gasteiger partial charge in [0.2, 0.25) is 0 Å². The van der Waals surface area contributed by atoms with Crippen LogP contribution in [0.5, 0.6) is 0 Å². The van der Waals surface area contributed by atoms with Gasteiger partial charge in [0.25, 0.3) is 0 Å². The number of benzene rings is 1. The molecule has 0 fully saturated rings. The van der Waals surface area contributed by atoms with E-state index in [1.54, 1.807) is 29.0 Å². The molecule has 0 saturated heterocycles. The summed E-state index contributed by atoms with van der Waals surface area (Å²) < 4.78 is 3.68. The SMILES string of the molecule is CN(CCCc1nccn1C)C(=O)Nc1c(-c2ccccc2)cnn1C. The summed E-state index contributed by atoms with van der Waals surface area (Å²) >= 11 is 0. The lowest BCUT2D eigenvalue weighted by atomic mass is 10.1. The van der Waals surface area contributed by atoms with E-state index in [1.165, 1.54) is 0 Å². The normalized spacial score (nSPS) is 10.7. The standard InChI is InChI=1S/C19H24N6O/c1-23-13-11-20-17(23)10-7-12-24(2)19(26)22-18-16(14-21-25(18)3)15-8-5-4-6-9-15/h4-6,8-9,11,13-14H,7,10,12H2,1-3H3,(H,22,26). The molecule has 0 saturated carbocycles. The summed E-state index contributed by atoms with van der Waals surface area (Å²) in [5.74, 6) is 1.72. The van der Waals surface area contributed by atoms with E-state index in [0.29, 0.717) is 12.4 Å². The first-order valence-electron chi connectivity index (χ1n) is 8.62. The topological polar surface area (TPSA) is 68.0 Å². The minimum atomic E-state index is -0.148. The Morgan fingerprint density at radius 3 is 2.69 bits per heavy atom. The number of urea groups is 1. The summed E-state index contributed by atoms with van der Waals surface area (Å²) in [6.45, 7) is 0.650. The highest BCUT2D eigenvalue weighted by Crippen LogP contribution is 2.27. The first kappa shape index (κ1) is 17.7. The lowest BCUT2D eigenvalue weighted by molar-refractivity contribution is 0.221. The molecule has 26 heavy (non-hydrogen) atoms. The fourth-order valence-corrected chi connectivity index (χ4v) is 2.82. The maximum atomic E-state index is 12.6. The van der Waals surface area contributed by atoms with Crippen LogP contribution in [0.3, 0.4) is 0 Å². The second-order valence-electron chi connectivity index (χ2n) is 6.31. The van der Waals surface area contributed by atoms with Crippen molar-refractivity contribution in [2.45, 2.75) is 12.8 Å². The van der Waals surface area contributed by atoms with Gasteiger partial charge in [0.05, 0.1) is 6.20 Å². The second-order valence-corrected chi connectivity index (χ2v) is 6.31. The van der Waals surface area contributed by atoms with E-state index < -0.39 is 0 Å². The van der Waals surface area contributed by atoms with E-state index >= 15 is 0 Å². The van der Waals surface area contributed by atoms with Gasteiger partial charge in [0.15, 0.2) is 0 Å². The number of hydrogen-bond donors (Lipinski definition) is 1. The molecule has 2 aromatic heterocycles. The van der Waals surface area contributed by atoms with Crippen LogP contribution in [-0.2, 0) is 20.5 Å². The number of amides is 2. The lowest BCUT2D eigenvalue weighted by Gasteiger charge is -2.18. The third-order valence-electron chi connectivity index (χ3n) is 4.41. The molecular formula is C19H24N6O. The molecule has 0 spiro atoms. The van der Waals surface area contributed by atoms with Crippen LogP contribution in [0, 0.1) is 0 Å². The number of aryl methyl sites for hydroxylation is 3. The Balaban J connectivity index is 1.61. The number of carbonyl (C=O) groups excluding carboxylic acids is 1. The molecule has 1 aromatic carbocycles. The first-order chi connectivity index (χ1) is 12.6. The predicted molar refractivity (Wildman–Crippen MR) is 102 cm³/mol. The first-order valence-corrected chi connectivity index (χ1v) is 8.62. The fraction of sp³-hybridized carbons (Fsp3) is 0.316. The van der Waals surface area contributed by atoms with E-state index in [9.17, 15) is 4.79 Å². The van der Waals surface area contributed by atoms with Gasteiger partial charge in [0.1, 0.15) is 11.6 Å². The average molecular weight is 352 g/mol. The Kier molecular flexibility index (Phi) is 5.36. The third-order valence-corrected chi connectivity index (χ3v) is 4.41. The van der Waals surface area contributed by atoms with Crippen molar-refractivity contribution < 1.29 is 4.79 Å². The summed E-state index contributed by atoms with van der Waals surface area (Å²) in [4.78, 5) is 18.6. The Bertz CT molecular complexity index is 867. The summed E-state index contributed by atoms with van der Waals surface area (Å²) in [6.07, 6.45) is 7.18. The fourth-order valence-electron chi connectivity index (χ4n) is 2.82. The molecule has 1 N–H and O–H groups in total. The molecule has 0 aliphatic heterocycles. The van der Waals surface area contributed by atoms with E-state index in [1.807, 2.05) is 55.2 Å². The van der Waals surface area contributed by atoms with Crippen molar-refractivity contribution in [2.24, 2.45) is 14.1 Å². The zero-order valence-electron chi connectivity index (χ0n) is 15.4. The number of rotatable bonds is 6. The highest BCUT2D eigenvalue weighted by atomic mass is 16.2. The number of carbonyl (C=O) groups is 1. The highest BCUT2D eigenvalue weighted by Gasteiger charge is 2.16. The molecule has 0 bridgehead atoms. The van der Waals surface area contributed by atoms with Crippen molar-refractivity contribution in [1.29, 1.82) is 0 Å². The maximum absolute atomic E-state index is 12.6. The predicted octanol–water partition coefficient (Wildman–Crippen LogP) is 2.92. The molecule has 0 atom stereocenters. The average Bonchev–Trinajstić information content (AvgIpc) is 3.22. The molecule has 0 aliphatic rings. The van der Waals surface area contributed by atoms with Crippen molar-refractivity contribution in [3.05, 3.63) is 54.7 Å². The molecule has 0 aliphatic carbocycles. The van der Waals surface area contributed by atoms with Gasteiger partial charge in [-0.1, -0.05) is 30.3 Å². The molecule has 3 rings (SSSR count). The molecule has 7 heteroatoms. The van der Waals surface area contributed by atoms with Crippen molar-refractivity contribution in [2.75, 3.05) is 18.9 Å². The van der Waals surface area contributed by atoms with E-state index in [4.69, 9.17) is 0 Å². The van der Waals surface area contributed by atoms with E-state index in [-0.39, 0.29) is 6.03 Å². The summed E-state index contributed by atoms with van der Waals surface area (Å²) in [5.41, 5.74) is 1.93. The number of anilines is 1. The Morgan fingerprint density at radius 1 is 1.23 bits per heavy atom. The van der Waals surface area contributed by atoms with Gasteiger partial charge < -0.3 is 9.47 Å². The minimum Gasteiger partial charge on any atom is -0.338 e. The van der Waals surface area contributed by atoms with Gasteiger partial charge in [-0.15, -0.1) is 0 Å². The number of aromatic nitrogens is 4. The molecule has 2 heterocycles. The number of imidazole rings is 1. The van der Waals surface area contributed by atoms with Crippen LogP contribution >= 0.6 is 0 Å². The number of hydrogen-bond acceptors (Lipinski definition) is 3. The van der Waals surface area contributed by atoms with Gasteiger partial charge in [-0.05, 0) is 12.0 Å². The monoisotopic (exact) mass is 352 g/mol. The minimum absolute atomic E-state index is 0.148. The van der Waals surface area contributed by atoms with Crippen molar-refractivity contribution in [3.63, 3.8) is 0 Å². The zero-order chi connectivity index (χ0) is 18.5. The van der Waals surface area contributed by atoms with Crippen LogP contribution in [0.1, 0.15) is 12.2 Å². The summed E-state index contributed by atoms with van der Waals surface area (Å²) in [7, 11) is 5.60. The molecule has 136 valence electrons.